The monoisotopic (exact) mass is 484 g/mol. The molecule has 0 bridgehead atoms. The van der Waals surface area contributed by atoms with Gasteiger partial charge in [0.05, 0.1) is 9.82 Å². The highest BCUT2D eigenvalue weighted by Gasteiger charge is 2.23. The molecule has 2 heterocycles. The minimum atomic E-state index is -3.79. The molecule has 3 aromatic rings. The van der Waals surface area contributed by atoms with E-state index in [-0.39, 0.29) is 28.9 Å². The van der Waals surface area contributed by atoms with Gasteiger partial charge in [-0.15, -0.1) is 15.0 Å². The van der Waals surface area contributed by atoms with Crippen molar-refractivity contribution >= 4 is 32.9 Å². The second-order valence-electron chi connectivity index (χ2n) is 7.44. The fraction of sp³-hybridized carbons (Fsp3) is 0.190. The van der Waals surface area contributed by atoms with Crippen molar-refractivity contribution in [3.05, 3.63) is 70.6 Å². The molecule has 2 N–H and O–H groups in total. The maximum absolute atomic E-state index is 12.7. The summed E-state index contributed by atoms with van der Waals surface area (Å²) in [5.41, 5.74) is 1.80. The first-order valence-corrected chi connectivity index (χ1v) is 11.6. The summed E-state index contributed by atoms with van der Waals surface area (Å²) >= 11 is 0. The van der Waals surface area contributed by atoms with Crippen molar-refractivity contribution < 1.29 is 22.6 Å². The van der Waals surface area contributed by atoms with E-state index in [9.17, 15) is 23.3 Å². The summed E-state index contributed by atoms with van der Waals surface area (Å²) in [4.78, 5) is 24.0. The molecule has 34 heavy (non-hydrogen) atoms. The Balaban J connectivity index is 1.39. The first kappa shape index (κ1) is 23.2. The second kappa shape index (κ2) is 9.51. The van der Waals surface area contributed by atoms with Crippen LogP contribution >= 0.6 is 0 Å². The molecule has 1 aliphatic heterocycles. The average molecular weight is 484 g/mol. The Bertz CT molecular complexity index is 1350. The smallest absolute Gasteiger partial charge is 0.269 e. The lowest BCUT2D eigenvalue weighted by Gasteiger charge is -2.25. The van der Waals surface area contributed by atoms with E-state index in [1.54, 1.807) is 11.1 Å². The molecule has 0 saturated carbocycles. The third-order valence-electron chi connectivity index (χ3n) is 4.97. The number of amides is 1. The molecular weight excluding hydrogens is 464 g/mol. The number of nitro groups is 1. The Morgan fingerprint density at radius 1 is 1.09 bits per heavy atom. The molecule has 0 spiro atoms. The van der Waals surface area contributed by atoms with Gasteiger partial charge in [0.2, 0.25) is 17.7 Å². The van der Waals surface area contributed by atoms with Gasteiger partial charge in [-0.3, -0.25) is 14.9 Å². The topological polar surface area (TPSA) is 161 Å². The number of carbonyl (C=O) groups is 1. The molecule has 2 aromatic carbocycles. The Kier molecular flexibility index (Phi) is 6.49. The van der Waals surface area contributed by atoms with Gasteiger partial charge in [-0.25, -0.2) is 13.4 Å². The zero-order valence-corrected chi connectivity index (χ0v) is 18.8. The standard InChI is InChI=1S/C21H20N6O6S/c1-14(28)22-17-4-8-19(9-5-17)34(31,32)25-26-12-10-16(11-13-26)21-24-23-20(33-21)15-2-6-18(7-3-15)27(29)30/h2-10,25H,11-13H2,1H3,(H,22,28). The number of sulfonamides is 1. The quantitative estimate of drug-likeness (QED) is 0.379. The number of hydrazine groups is 1. The Labute approximate surface area is 194 Å². The number of carbonyl (C=O) groups excluding carboxylic acids is 1. The van der Waals surface area contributed by atoms with Crippen LogP contribution in [0.2, 0.25) is 0 Å². The summed E-state index contributed by atoms with van der Waals surface area (Å²) in [5.74, 6) is 0.298. The summed E-state index contributed by atoms with van der Waals surface area (Å²) in [6.07, 6.45) is 2.25. The molecular formula is C21H20N6O6S. The lowest BCUT2D eigenvalue weighted by molar-refractivity contribution is -0.384. The van der Waals surface area contributed by atoms with Gasteiger partial charge in [0, 0.05) is 49.0 Å². The molecule has 0 unspecified atom stereocenters. The van der Waals surface area contributed by atoms with E-state index in [0.29, 0.717) is 30.1 Å². The van der Waals surface area contributed by atoms with Gasteiger partial charge in [-0.1, -0.05) is 6.08 Å². The van der Waals surface area contributed by atoms with Gasteiger partial charge in [0.1, 0.15) is 0 Å². The number of nitro benzene ring substituents is 1. The largest absolute Gasteiger partial charge is 0.416 e. The minimum Gasteiger partial charge on any atom is -0.416 e. The highest BCUT2D eigenvalue weighted by atomic mass is 32.2. The first-order chi connectivity index (χ1) is 16.2. The number of anilines is 1. The lowest BCUT2D eigenvalue weighted by Crippen LogP contribution is -2.44. The van der Waals surface area contributed by atoms with E-state index in [0.717, 1.165) is 5.57 Å². The van der Waals surface area contributed by atoms with Crippen molar-refractivity contribution in [3.8, 4) is 11.5 Å². The number of aromatic nitrogens is 2. The van der Waals surface area contributed by atoms with E-state index >= 15 is 0 Å². The molecule has 4 rings (SSSR count). The van der Waals surface area contributed by atoms with Crippen LogP contribution in [-0.2, 0) is 14.8 Å². The van der Waals surface area contributed by atoms with Crippen molar-refractivity contribution in [3.63, 3.8) is 0 Å². The van der Waals surface area contributed by atoms with Gasteiger partial charge >= 0.3 is 0 Å². The molecule has 0 atom stereocenters. The average Bonchev–Trinajstić information content (AvgIpc) is 3.30. The highest BCUT2D eigenvalue weighted by Crippen LogP contribution is 2.26. The highest BCUT2D eigenvalue weighted by molar-refractivity contribution is 7.89. The summed E-state index contributed by atoms with van der Waals surface area (Å²) < 4.78 is 31.0. The number of nitrogens with zero attached hydrogens (tertiary/aromatic N) is 4. The Morgan fingerprint density at radius 2 is 1.76 bits per heavy atom. The zero-order chi connectivity index (χ0) is 24.3. The third kappa shape index (κ3) is 5.33. The summed E-state index contributed by atoms with van der Waals surface area (Å²) in [6.45, 7) is 2.03. The van der Waals surface area contributed by atoms with E-state index in [4.69, 9.17) is 4.42 Å². The van der Waals surface area contributed by atoms with Crippen LogP contribution in [0.1, 0.15) is 19.2 Å². The summed E-state index contributed by atoms with van der Waals surface area (Å²) in [7, 11) is -3.79. The van der Waals surface area contributed by atoms with Crippen LogP contribution in [0.25, 0.3) is 17.0 Å². The molecule has 1 amide bonds. The number of hydrogen-bond donors (Lipinski definition) is 2. The number of benzene rings is 2. The minimum absolute atomic E-state index is 0.0373. The van der Waals surface area contributed by atoms with Crippen LogP contribution < -0.4 is 10.1 Å². The molecule has 13 heteroatoms. The first-order valence-electron chi connectivity index (χ1n) is 10.1. The van der Waals surface area contributed by atoms with E-state index in [2.05, 4.69) is 20.3 Å². The predicted molar refractivity (Wildman–Crippen MR) is 122 cm³/mol. The zero-order valence-electron chi connectivity index (χ0n) is 18.0. The fourth-order valence-corrected chi connectivity index (χ4v) is 4.39. The second-order valence-corrected chi connectivity index (χ2v) is 9.10. The summed E-state index contributed by atoms with van der Waals surface area (Å²) in [5, 5.41) is 23.0. The molecule has 12 nitrogen and oxygen atoms in total. The SMILES string of the molecule is CC(=O)Nc1ccc(S(=O)(=O)NN2CC=C(c3nnc(-c4ccc([N+](=O)[O-])cc4)o3)CC2)cc1. The van der Waals surface area contributed by atoms with Crippen LogP contribution in [0.15, 0.2) is 63.9 Å². The maximum Gasteiger partial charge on any atom is 0.269 e. The molecule has 176 valence electrons. The van der Waals surface area contributed by atoms with Gasteiger partial charge in [-0.2, -0.15) is 0 Å². The van der Waals surface area contributed by atoms with Crippen LogP contribution in [-0.4, -0.2) is 47.5 Å². The van der Waals surface area contributed by atoms with Gasteiger partial charge in [0.15, 0.2) is 0 Å². The van der Waals surface area contributed by atoms with E-state index < -0.39 is 14.9 Å². The van der Waals surface area contributed by atoms with Crippen molar-refractivity contribution in [1.82, 2.24) is 20.0 Å². The number of non-ortho nitro benzene ring substituents is 1. The van der Waals surface area contributed by atoms with Gasteiger partial charge < -0.3 is 9.73 Å². The van der Waals surface area contributed by atoms with Crippen LogP contribution in [0.5, 0.6) is 0 Å². The predicted octanol–water partition coefficient (Wildman–Crippen LogP) is 2.59. The van der Waals surface area contributed by atoms with Gasteiger partial charge in [-0.05, 0) is 42.8 Å². The van der Waals surface area contributed by atoms with Crippen molar-refractivity contribution in [1.29, 1.82) is 0 Å². The number of rotatable bonds is 7. The van der Waals surface area contributed by atoms with Crippen molar-refractivity contribution in [2.75, 3.05) is 18.4 Å². The van der Waals surface area contributed by atoms with Crippen LogP contribution in [0, 0.1) is 10.1 Å². The fourth-order valence-electron chi connectivity index (χ4n) is 3.29. The molecule has 1 aliphatic rings. The van der Waals surface area contributed by atoms with Crippen molar-refractivity contribution in [2.45, 2.75) is 18.2 Å². The molecule has 0 radical (unpaired) electrons. The third-order valence-corrected chi connectivity index (χ3v) is 6.36. The molecule has 0 fully saturated rings. The molecule has 1 aromatic heterocycles. The Hall–Kier alpha value is -3.94. The number of hydrogen-bond acceptors (Lipinski definition) is 9. The summed E-state index contributed by atoms with van der Waals surface area (Å²) in [6, 6.07) is 11.6. The van der Waals surface area contributed by atoms with Gasteiger partial charge in [0.25, 0.3) is 15.7 Å². The number of nitrogens with one attached hydrogen (secondary N) is 2. The Morgan fingerprint density at radius 3 is 2.35 bits per heavy atom. The normalized spacial score (nSPS) is 14.4. The van der Waals surface area contributed by atoms with Crippen molar-refractivity contribution in [2.24, 2.45) is 0 Å². The van der Waals surface area contributed by atoms with E-state index in [1.807, 2.05) is 0 Å². The van der Waals surface area contributed by atoms with Crippen LogP contribution in [0.4, 0.5) is 11.4 Å². The lowest BCUT2D eigenvalue weighted by atomic mass is 10.1. The molecule has 0 aliphatic carbocycles. The van der Waals surface area contributed by atoms with E-state index in [1.165, 1.54) is 55.5 Å². The van der Waals surface area contributed by atoms with Crippen LogP contribution in [0.3, 0.4) is 0 Å². The molecule has 0 saturated heterocycles. The maximum atomic E-state index is 12.7.